The summed E-state index contributed by atoms with van der Waals surface area (Å²) in [6, 6.07) is 0.387. The molecule has 0 spiro atoms. The van der Waals surface area contributed by atoms with Gasteiger partial charge in [0.15, 0.2) is 5.89 Å². The van der Waals surface area contributed by atoms with Crippen LogP contribution in [-0.4, -0.2) is 23.0 Å². The van der Waals surface area contributed by atoms with Gasteiger partial charge in [-0.25, -0.2) is 4.98 Å². The maximum Gasteiger partial charge on any atom is 0.194 e. The van der Waals surface area contributed by atoms with Crippen molar-refractivity contribution in [3.63, 3.8) is 0 Å². The Bertz CT molecular complexity index is 305. The zero-order valence-corrected chi connectivity index (χ0v) is 9.49. The van der Waals surface area contributed by atoms with Gasteiger partial charge in [0.05, 0.1) is 11.7 Å². The third kappa shape index (κ3) is 1.96. The van der Waals surface area contributed by atoms with Crippen molar-refractivity contribution >= 4 is 11.8 Å². The number of aryl methyl sites for hydroxylation is 2. The van der Waals surface area contributed by atoms with Gasteiger partial charge in [-0.2, -0.15) is 11.8 Å². The fourth-order valence-corrected chi connectivity index (χ4v) is 2.62. The first-order valence-corrected chi connectivity index (χ1v) is 6.24. The second-order valence-electron chi connectivity index (χ2n) is 3.48. The van der Waals surface area contributed by atoms with Gasteiger partial charge in [-0.1, -0.05) is 6.92 Å². The monoisotopic (exact) mass is 212 g/mol. The Kier molecular flexibility index (Phi) is 3.13. The number of aromatic nitrogens is 1. The Balaban J connectivity index is 2.17. The molecule has 0 bridgehead atoms. The molecule has 0 radical (unpaired) electrons. The highest BCUT2D eigenvalue weighted by Crippen LogP contribution is 2.24. The lowest BCUT2D eigenvalue weighted by Gasteiger charge is -2.21. The molecule has 1 N–H and O–H groups in total. The van der Waals surface area contributed by atoms with E-state index in [9.17, 15) is 0 Å². The summed E-state index contributed by atoms with van der Waals surface area (Å²) in [4.78, 5) is 4.51. The highest BCUT2D eigenvalue weighted by Gasteiger charge is 2.21. The van der Waals surface area contributed by atoms with Crippen molar-refractivity contribution in [2.45, 2.75) is 26.3 Å². The molecule has 2 rings (SSSR count). The van der Waals surface area contributed by atoms with Crippen molar-refractivity contribution in [1.29, 1.82) is 0 Å². The first kappa shape index (κ1) is 10.1. The molecule has 0 aliphatic carbocycles. The van der Waals surface area contributed by atoms with Crippen LogP contribution in [0.1, 0.15) is 30.3 Å². The van der Waals surface area contributed by atoms with Crippen LogP contribution in [0.5, 0.6) is 0 Å². The quantitative estimate of drug-likeness (QED) is 0.813. The van der Waals surface area contributed by atoms with Crippen LogP contribution in [0.25, 0.3) is 0 Å². The molecule has 1 aliphatic heterocycles. The first-order valence-electron chi connectivity index (χ1n) is 5.08. The number of thioether (sulfide) groups is 1. The Hall–Kier alpha value is -0.480. The molecule has 1 atom stereocenters. The molecule has 0 amide bonds. The molecule has 4 heteroatoms. The van der Waals surface area contributed by atoms with E-state index < -0.39 is 0 Å². The van der Waals surface area contributed by atoms with E-state index in [4.69, 9.17) is 4.42 Å². The minimum absolute atomic E-state index is 0.387. The van der Waals surface area contributed by atoms with Crippen molar-refractivity contribution in [3.05, 3.63) is 17.3 Å². The van der Waals surface area contributed by atoms with Gasteiger partial charge < -0.3 is 9.73 Å². The second-order valence-corrected chi connectivity index (χ2v) is 4.63. The van der Waals surface area contributed by atoms with Crippen LogP contribution in [0, 0.1) is 6.92 Å². The normalized spacial score (nSPS) is 22.6. The maximum atomic E-state index is 5.56. The molecular formula is C10H16N2OS. The van der Waals surface area contributed by atoms with E-state index in [0.717, 1.165) is 36.1 Å². The lowest BCUT2D eigenvalue weighted by atomic mass is 10.2. The van der Waals surface area contributed by atoms with Gasteiger partial charge in [0.25, 0.3) is 0 Å². The Morgan fingerprint density at radius 1 is 1.64 bits per heavy atom. The fourth-order valence-electron chi connectivity index (χ4n) is 1.68. The lowest BCUT2D eigenvalue weighted by Crippen LogP contribution is -2.30. The Morgan fingerprint density at radius 3 is 3.07 bits per heavy atom. The van der Waals surface area contributed by atoms with Crippen LogP contribution in [0.2, 0.25) is 0 Å². The third-order valence-corrected chi connectivity index (χ3v) is 3.49. The van der Waals surface area contributed by atoms with Gasteiger partial charge in [-0.05, 0) is 6.92 Å². The highest BCUT2D eigenvalue weighted by molar-refractivity contribution is 7.99. The van der Waals surface area contributed by atoms with Gasteiger partial charge >= 0.3 is 0 Å². The molecular weight excluding hydrogens is 196 g/mol. The summed E-state index contributed by atoms with van der Waals surface area (Å²) in [7, 11) is 0. The molecule has 1 aliphatic rings. The minimum Gasteiger partial charge on any atom is -0.446 e. The van der Waals surface area contributed by atoms with Crippen LogP contribution in [-0.2, 0) is 6.42 Å². The molecule has 1 saturated heterocycles. The maximum absolute atomic E-state index is 5.56. The average molecular weight is 212 g/mol. The van der Waals surface area contributed by atoms with Gasteiger partial charge in [0.2, 0.25) is 0 Å². The summed E-state index contributed by atoms with van der Waals surface area (Å²) >= 11 is 1.98. The van der Waals surface area contributed by atoms with E-state index in [0.29, 0.717) is 6.04 Å². The molecule has 2 heterocycles. The van der Waals surface area contributed by atoms with Crippen molar-refractivity contribution in [1.82, 2.24) is 10.3 Å². The number of rotatable bonds is 2. The number of nitrogens with one attached hydrogen (secondary N) is 1. The van der Waals surface area contributed by atoms with Crippen molar-refractivity contribution in [2.24, 2.45) is 0 Å². The molecule has 0 saturated carbocycles. The number of oxazole rings is 1. The number of hydrogen-bond donors (Lipinski definition) is 1. The predicted molar refractivity (Wildman–Crippen MR) is 58.7 cm³/mol. The largest absolute Gasteiger partial charge is 0.446 e. The molecule has 0 aromatic carbocycles. The van der Waals surface area contributed by atoms with Crippen LogP contribution in [0.4, 0.5) is 0 Å². The van der Waals surface area contributed by atoms with Gasteiger partial charge in [-0.3, -0.25) is 0 Å². The predicted octanol–water partition coefficient (Wildman–Crippen LogP) is 1.92. The molecule has 1 fully saturated rings. The van der Waals surface area contributed by atoms with Crippen LogP contribution in [0.3, 0.4) is 0 Å². The van der Waals surface area contributed by atoms with E-state index in [1.165, 1.54) is 5.75 Å². The van der Waals surface area contributed by atoms with Gasteiger partial charge in [0, 0.05) is 24.5 Å². The average Bonchev–Trinajstić information content (AvgIpc) is 2.61. The second kappa shape index (κ2) is 4.36. The SMILES string of the molecule is CCc1nc(C2CSCCN2)c(C)o1. The minimum atomic E-state index is 0.387. The van der Waals surface area contributed by atoms with Crippen LogP contribution < -0.4 is 5.32 Å². The molecule has 1 aromatic rings. The Labute approximate surface area is 88.7 Å². The third-order valence-electron chi connectivity index (χ3n) is 2.43. The lowest BCUT2D eigenvalue weighted by molar-refractivity contribution is 0.472. The standard InChI is InChI=1S/C10H16N2OS/c1-3-9-12-10(7(2)13-9)8-6-14-5-4-11-8/h8,11H,3-6H2,1-2H3. The summed E-state index contributed by atoms with van der Waals surface area (Å²) in [6.07, 6.45) is 0.876. The molecule has 14 heavy (non-hydrogen) atoms. The topological polar surface area (TPSA) is 38.1 Å². The zero-order valence-electron chi connectivity index (χ0n) is 8.67. The molecule has 1 aromatic heterocycles. The van der Waals surface area contributed by atoms with E-state index in [1.807, 2.05) is 18.7 Å². The Morgan fingerprint density at radius 2 is 2.50 bits per heavy atom. The highest BCUT2D eigenvalue weighted by atomic mass is 32.2. The van der Waals surface area contributed by atoms with Crippen LogP contribution in [0.15, 0.2) is 4.42 Å². The van der Waals surface area contributed by atoms with E-state index in [-0.39, 0.29) is 0 Å². The number of nitrogens with zero attached hydrogens (tertiary/aromatic N) is 1. The fraction of sp³-hybridized carbons (Fsp3) is 0.700. The van der Waals surface area contributed by atoms with E-state index in [2.05, 4.69) is 17.2 Å². The zero-order chi connectivity index (χ0) is 9.97. The number of hydrogen-bond acceptors (Lipinski definition) is 4. The smallest absolute Gasteiger partial charge is 0.194 e. The van der Waals surface area contributed by atoms with E-state index >= 15 is 0 Å². The molecule has 1 unspecified atom stereocenters. The summed E-state index contributed by atoms with van der Waals surface area (Å²) in [6.45, 7) is 5.14. The van der Waals surface area contributed by atoms with Crippen molar-refractivity contribution in [3.8, 4) is 0 Å². The van der Waals surface area contributed by atoms with Crippen LogP contribution >= 0.6 is 11.8 Å². The summed E-state index contributed by atoms with van der Waals surface area (Å²) in [5, 5.41) is 3.47. The molecule has 78 valence electrons. The summed E-state index contributed by atoms with van der Waals surface area (Å²) in [5.74, 6) is 4.14. The van der Waals surface area contributed by atoms with E-state index in [1.54, 1.807) is 0 Å². The summed E-state index contributed by atoms with van der Waals surface area (Å²) in [5.41, 5.74) is 1.11. The summed E-state index contributed by atoms with van der Waals surface area (Å²) < 4.78 is 5.56. The van der Waals surface area contributed by atoms with Gasteiger partial charge in [-0.15, -0.1) is 0 Å². The van der Waals surface area contributed by atoms with Crippen molar-refractivity contribution < 1.29 is 4.42 Å². The van der Waals surface area contributed by atoms with Crippen molar-refractivity contribution in [2.75, 3.05) is 18.1 Å². The van der Waals surface area contributed by atoms with Gasteiger partial charge in [0.1, 0.15) is 5.76 Å². The first-order chi connectivity index (χ1) is 6.81. The molecule has 3 nitrogen and oxygen atoms in total.